The van der Waals surface area contributed by atoms with E-state index < -0.39 is 5.97 Å². The molecular formula is C46H68Cl2N2O10. The molecule has 2 aromatic carbocycles. The highest BCUT2D eigenvalue weighted by Gasteiger charge is 2.59. The Balaban J connectivity index is 0.000000189. The molecule has 2 saturated heterocycles. The van der Waals surface area contributed by atoms with Crippen molar-refractivity contribution in [2.75, 3.05) is 93.8 Å². The van der Waals surface area contributed by atoms with Crippen LogP contribution in [0.25, 0.3) is 0 Å². The van der Waals surface area contributed by atoms with Gasteiger partial charge in [-0.05, 0) is 105 Å². The minimum absolute atomic E-state index is 0. The Labute approximate surface area is 368 Å². The molecule has 0 aromatic heterocycles. The second-order valence-corrected chi connectivity index (χ2v) is 18.0. The van der Waals surface area contributed by atoms with Crippen molar-refractivity contribution in [3.8, 4) is 11.5 Å². The predicted octanol–water partition coefficient (Wildman–Crippen LogP) is 3.23. The van der Waals surface area contributed by atoms with Gasteiger partial charge in [-0.3, -0.25) is 4.48 Å². The SMILES string of the molecule is CN1CC[C@]23CCCC[C@H]2[C@H]1Cc1ccc(O)cc13.COCCOCC(=O)OCCl.COCCOCC(=O)OC[N+]1(C)CC[C@]23CCCC[C@H]2[C@H]1Cc1ccc(O)cc13.[Cl-]. The predicted molar refractivity (Wildman–Crippen MR) is 225 cm³/mol. The van der Waals surface area contributed by atoms with Gasteiger partial charge in [0.1, 0.15) is 24.7 Å². The molecule has 7 atom stereocenters. The molecule has 60 heavy (non-hydrogen) atoms. The number of esters is 2. The molecule has 0 amide bonds. The third-order valence-corrected chi connectivity index (χ3v) is 14.7. The molecule has 0 spiro atoms. The highest BCUT2D eigenvalue weighted by molar-refractivity contribution is 6.17. The first-order valence-corrected chi connectivity index (χ1v) is 22.2. The van der Waals surface area contributed by atoms with Crippen LogP contribution < -0.4 is 12.4 Å². The number of carbonyl (C=O) groups is 2. The fourth-order valence-electron chi connectivity index (χ4n) is 11.8. The van der Waals surface area contributed by atoms with Crippen molar-refractivity contribution >= 4 is 23.5 Å². The van der Waals surface area contributed by atoms with E-state index in [0.717, 1.165) is 35.8 Å². The van der Waals surface area contributed by atoms with Crippen LogP contribution in [0.3, 0.4) is 0 Å². The summed E-state index contributed by atoms with van der Waals surface area (Å²) in [7, 11) is 7.71. The van der Waals surface area contributed by atoms with Gasteiger partial charge in [-0.1, -0.05) is 49.4 Å². The molecule has 1 unspecified atom stereocenters. The lowest BCUT2D eigenvalue weighted by molar-refractivity contribution is -0.959. The van der Waals surface area contributed by atoms with Crippen LogP contribution >= 0.6 is 11.6 Å². The molecule has 8 rings (SSSR count). The fourth-order valence-corrected chi connectivity index (χ4v) is 11.9. The van der Waals surface area contributed by atoms with E-state index >= 15 is 0 Å². The Morgan fingerprint density at radius 2 is 1.32 bits per heavy atom. The lowest BCUT2D eigenvalue weighted by Gasteiger charge is -2.60. The maximum Gasteiger partial charge on any atom is 0.336 e. The van der Waals surface area contributed by atoms with Crippen LogP contribution in [0.15, 0.2) is 36.4 Å². The third-order valence-electron chi connectivity index (χ3n) is 14.6. The van der Waals surface area contributed by atoms with Gasteiger partial charge in [-0.2, -0.15) is 0 Å². The quantitative estimate of drug-likeness (QED) is 0.133. The van der Waals surface area contributed by atoms with E-state index in [1.165, 1.54) is 93.0 Å². The molecule has 336 valence electrons. The number of likely N-dealkylation sites (tertiary alicyclic amines) is 2. The standard InChI is InChI=1S/C23H33NO5.C17H23NO.C6H11ClO4.ClH/c1-24(16-29-22(26)15-28-12-11-27-2)10-9-23-8-4-3-5-19(23)21(24)13-17-6-7-18(25)14-20(17)23;1-18-9-8-17-7-3-2-4-14(17)16(18)10-12-5-6-13(19)11-15(12)17;1-9-2-3-10-4-6(8)11-5-7;/h6-7,14,19,21H,3-5,8-13,15-16H2,1-2H3;5-6,11,14,16,19H,2-4,7-10H2,1H3;2-5H2,1H3;1H/t19-,21+,23+,24?;14-,16+,17+;;/m00../s1. The molecule has 6 aliphatic rings. The van der Waals surface area contributed by atoms with Gasteiger partial charge in [0.15, 0.2) is 6.07 Å². The number of carbonyl (C=O) groups excluding carboxylic acids is 2. The van der Waals surface area contributed by atoms with Crippen molar-refractivity contribution in [1.82, 2.24) is 4.90 Å². The van der Waals surface area contributed by atoms with E-state index in [1.54, 1.807) is 14.2 Å². The molecular weight excluding hydrogens is 811 g/mol. The molecule has 2 aromatic rings. The molecule has 2 aliphatic heterocycles. The average Bonchev–Trinajstić information content (AvgIpc) is 3.24. The second-order valence-electron chi connectivity index (χ2n) is 17.8. The number of fused-ring (bicyclic) bond motifs is 2. The molecule has 14 heteroatoms. The number of methoxy groups -OCH3 is 2. The Morgan fingerprint density at radius 1 is 0.767 bits per heavy atom. The number of phenols is 2. The summed E-state index contributed by atoms with van der Waals surface area (Å²) in [4.78, 5) is 25.3. The zero-order valence-corrected chi connectivity index (χ0v) is 37.7. The van der Waals surface area contributed by atoms with Gasteiger partial charge >= 0.3 is 11.9 Å². The van der Waals surface area contributed by atoms with Crippen LogP contribution in [0.4, 0.5) is 0 Å². The Morgan fingerprint density at radius 3 is 1.90 bits per heavy atom. The number of likely N-dealkylation sites (N-methyl/N-ethyl adjacent to an activating group) is 2. The van der Waals surface area contributed by atoms with Crippen molar-refractivity contribution in [1.29, 1.82) is 0 Å². The van der Waals surface area contributed by atoms with E-state index in [2.05, 4.69) is 46.7 Å². The third kappa shape index (κ3) is 10.7. The largest absolute Gasteiger partial charge is 1.00 e. The smallest absolute Gasteiger partial charge is 0.336 e. The Kier molecular flexibility index (Phi) is 17.8. The maximum atomic E-state index is 12.2. The molecule has 0 radical (unpaired) electrons. The first-order valence-electron chi connectivity index (χ1n) is 21.7. The van der Waals surface area contributed by atoms with Crippen LogP contribution in [-0.4, -0.2) is 137 Å². The lowest BCUT2D eigenvalue weighted by atomic mass is 9.52. The van der Waals surface area contributed by atoms with E-state index in [0.29, 0.717) is 62.0 Å². The number of aromatic hydroxyl groups is 2. The Hall–Kier alpha value is -2.68. The minimum atomic E-state index is -0.462. The number of alkyl halides is 1. The van der Waals surface area contributed by atoms with Crippen LogP contribution in [-0.2, 0) is 61.7 Å². The summed E-state index contributed by atoms with van der Waals surface area (Å²) in [6.45, 7) is 4.24. The minimum Gasteiger partial charge on any atom is -1.00 e. The number of hydrogen-bond donors (Lipinski definition) is 2. The van der Waals surface area contributed by atoms with Crippen molar-refractivity contribution in [3.05, 3.63) is 58.7 Å². The number of ether oxygens (including phenoxy) is 6. The van der Waals surface area contributed by atoms with Crippen LogP contribution in [0.5, 0.6) is 11.5 Å². The topological polar surface area (TPSA) is 133 Å². The van der Waals surface area contributed by atoms with E-state index in [1.807, 2.05) is 18.2 Å². The zero-order chi connectivity index (χ0) is 42.0. The fraction of sp³-hybridized carbons (Fsp3) is 0.696. The van der Waals surface area contributed by atoms with E-state index in [9.17, 15) is 19.8 Å². The molecule has 2 N–H and O–H groups in total. The number of phenolic OH excluding ortho intramolecular Hbond substituents is 2. The van der Waals surface area contributed by atoms with Crippen molar-refractivity contribution in [2.45, 2.75) is 100.0 Å². The number of hydrogen-bond acceptors (Lipinski definition) is 11. The van der Waals surface area contributed by atoms with Gasteiger partial charge in [0.25, 0.3) is 0 Å². The summed E-state index contributed by atoms with van der Waals surface area (Å²) in [5, 5.41) is 20.1. The molecule has 2 heterocycles. The number of rotatable bonds is 13. The average molecular weight is 880 g/mol. The van der Waals surface area contributed by atoms with Gasteiger partial charge < -0.3 is 55.9 Å². The number of halogens is 2. The highest BCUT2D eigenvalue weighted by Crippen LogP contribution is 2.58. The summed E-state index contributed by atoms with van der Waals surface area (Å²) in [6, 6.07) is 13.1. The number of quaternary nitrogens is 1. The lowest BCUT2D eigenvalue weighted by Crippen LogP contribution is -3.00. The van der Waals surface area contributed by atoms with Gasteiger partial charge in [0.05, 0.1) is 46.1 Å². The molecule has 4 aliphatic carbocycles. The summed E-state index contributed by atoms with van der Waals surface area (Å²) in [6.07, 6.45) is 15.0. The van der Waals surface area contributed by atoms with Crippen molar-refractivity contribution in [2.24, 2.45) is 11.8 Å². The molecule has 12 nitrogen and oxygen atoms in total. The summed E-state index contributed by atoms with van der Waals surface area (Å²) in [5.74, 6) is 1.47. The number of benzene rings is 2. The Bertz CT molecular complexity index is 1720. The van der Waals surface area contributed by atoms with Gasteiger partial charge in [0, 0.05) is 49.9 Å². The van der Waals surface area contributed by atoms with Crippen molar-refractivity contribution in [3.63, 3.8) is 0 Å². The van der Waals surface area contributed by atoms with Gasteiger partial charge in [0.2, 0.25) is 6.73 Å². The van der Waals surface area contributed by atoms with Crippen LogP contribution in [0.2, 0.25) is 0 Å². The van der Waals surface area contributed by atoms with E-state index in [-0.39, 0.29) is 43.1 Å². The van der Waals surface area contributed by atoms with Crippen LogP contribution in [0, 0.1) is 11.8 Å². The number of piperidine rings is 2. The van der Waals surface area contributed by atoms with Gasteiger partial charge in [-0.15, -0.1) is 0 Å². The monoisotopic (exact) mass is 878 g/mol. The zero-order valence-electron chi connectivity index (χ0n) is 36.1. The summed E-state index contributed by atoms with van der Waals surface area (Å²) < 4.78 is 30.6. The molecule has 4 fully saturated rings. The summed E-state index contributed by atoms with van der Waals surface area (Å²) >= 11 is 5.11. The maximum absolute atomic E-state index is 12.2. The molecule has 4 bridgehead atoms. The van der Waals surface area contributed by atoms with E-state index in [4.69, 9.17) is 30.5 Å². The second kappa shape index (κ2) is 22.1. The summed E-state index contributed by atoms with van der Waals surface area (Å²) in [5.41, 5.74) is 6.29. The highest BCUT2D eigenvalue weighted by atomic mass is 35.5. The van der Waals surface area contributed by atoms with Crippen LogP contribution in [0.1, 0.15) is 86.5 Å². The normalized spacial score (nSPS) is 29.6. The first-order chi connectivity index (χ1) is 28.5. The van der Waals surface area contributed by atoms with Crippen molar-refractivity contribution < 1.29 is 65.1 Å². The first kappa shape index (κ1) is 48.4. The van der Waals surface area contributed by atoms with Gasteiger partial charge in [-0.25, -0.2) is 9.59 Å². The molecule has 2 saturated carbocycles. The number of nitrogens with zero attached hydrogens (tertiary/aromatic N) is 2.